The van der Waals surface area contributed by atoms with Gasteiger partial charge in [0.2, 0.25) is 8.32 Å². The third-order valence-electron chi connectivity index (χ3n) is 8.01. The maximum atomic E-state index is 11.2. The maximum Gasteiger partial charge on any atom is 0.204 e. The van der Waals surface area contributed by atoms with E-state index >= 15 is 0 Å². The van der Waals surface area contributed by atoms with Crippen LogP contribution in [0.3, 0.4) is 0 Å². The van der Waals surface area contributed by atoms with E-state index in [2.05, 4.69) is 47.6 Å². The molecular weight excluding hydrogens is 334 g/mol. The topological polar surface area (TPSA) is 71.7 Å². The Bertz CT molecular complexity index is 639. The van der Waals surface area contributed by atoms with E-state index in [-0.39, 0.29) is 5.92 Å². The first-order valence-electron chi connectivity index (χ1n) is 9.65. The summed E-state index contributed by atoms with van der Waals surface area (Å²) >= 11 is 0. The third kappa shape index (κ3) is 1.57. The Kier molecular flexibility index (Phi) is 3.36. The molecule has 3 aliphatic heterocycles. The minimum Gasteiger partial charge on any atom is -0.389 e. The van der Waals surface area contributed by atoms with E-state index in [1.165, 1.54) is 0 Å². The van der Waals surface area contributed by atoms with Gasteiger partial charge >= 0.3 is 0 Å². The highest BCUT2D eigenvalue weighted by Crippen LogP contribution is 2.81. The molecule has 6 heteroatoms. The molecule has 0 aromatic heterocycles. The van der Waals surface area contributed by atoms with Crippen molar-refractivity contribution in [2.45, 2.75) is 101 Å². The molecule has 0 spiro atoms. The summed E-state index contributed by atoms with van der Waals surface area (Å²) < 4.78 is 19.5. The molecule has 0 aromatic rings. The molecular formula is C19H31NO4Si. The van der Waals surface area contributed by atoms with Gasteiger partial charge in [-0.2, -0.15) is 5.26 Å². The molecule has 1 N–H and O–H groups in total. The smallest absolute Gasteiger partial charge is 0.204 e. The maximum absolute atomic E-state index is 11.2. The first-order valence-corrected chi connectivity index (χ1v) is 11.8. The van der Waals surface area contributed by atoms with Crippen molar-refractivity contribution in [3.05, 3.63) is 0 Å². The Morgan fingerprint density at radius 1 is 1.12 bits per heavy atom. The van der Waals surface area contributed by atoms with Crippen molar-refractivity contribution in [3.8, 4) is 6.07 Å². The molecule has 3 aliphatic carbocycles. The number of nitriles is 1. The summed E-state index contributed by atoms with van der Waals surface area (Å²) in [5.41, 5.74) is -1.52. The lowest BCUT2D eigenvalue weighted by atomic mass is 9.41. The quantitative estimate of drug-likeness (QED) is 0.752. The van der Waals surface area contributed by atoms with E-state index in [1.807, 2.05) is 6.92 Å². The van der Waals surface area contributed by atoms with Crippen LogP contribution in [0.4, 0.5) is 0 Å². The molecule has 3 heterocycles. The molecule has 0 unspecified atom stereocenters. The normalized spacial score (nSPS) is 50.0. The lowest BCUT2D eigenvalue weighted by molar-refractivity contribution is -0.375. The van der Waals surface area contributed by atoms with Crippen molar-refractivity contribution < 1.29 is 19.0 Å². The van der Waals surface area contributed by atoms with E-state index in [0.29, 0.717) is 29.5 Å². The van der Waals surface area contributed by atoms with Crippen molar-refractivity contribution >= 4 is 8.32 Å². The van der Waals surface area contributed by atoms with Crippen LogP contribution >= 0.6 is 0 Å². The Balaban J connectivity index is 1.80. The largest absolute Gasteiger partial charge is 0.389 e. The summed E-state index contributed by atoms with van der Waals surface area (Å²) in [7, 11) is -2.18. The van der Waals surface area contributed by atoms with Crippen LogP contribution in [0, 0.1) is 22.7 Å². The molecule has 3 saturated carbocycles. The number of rotatable bonds is 5. The van der Waals surface area contributed by atoms with Gasteiger partial charge in [-0.15, -0.1) is 0 Å². The van der Waals surface area contributed by atoms with E-state index in [9.17, 15) is 10.4 Å². The van der Waals surface area contributed by atoms with Crippen LogP contribution in [0.5, 0.6) is 0 Å². The number of hydrogen-bond donors (Lipinski definition) is 1. The highest BCUT2D eigenvalue weighted by molar-refractivity contribution is 6.77. The molecule has 0 radical (unpaired) electrons. The number of nitrogens with zero attached hydrogens (tertiary/aromatic N) is 1. The van der Waals surface area contributed by atoms with Crippen molar-refractivity contribution in [2.75, 3.05) is 0 Å². The fraction of sp³-hybridized carbons (Fsp3) is 0.947. The highest BCUT2D eigenvalue weighted by atomic mass is 28.4. The molecule has 3 saturated heterocycles. The van der Waals surface area contributed by atoms with Gasteiger partial charge in [-0.3, -0.25) is 0 Å². The molecule has 0 amide bonds. The zero-order valence-electron chi connectivity index (χ0n) is 16.4. The van der Waals surface area contributed by atoms with Crippen molar-refractivity contribution in [1.29, 1.82) is 5.26 Å². The van der Waals surface area contributed by atoms with Gasteiger partial charge in [-0.05, 0) is 30.0 Å². The van der Waals surface area contributed by atoms with Gasteiger partial charge < -0.3 is 19.0 Å². The standard InChI is InChI=1S/C19H31NO4Si/c1-11(2)25(12(3)4,13(5)6)24-18-9-16(7)19(21)8-14(18)17(19,10-20)15(22-16)23-18/h11-15,21H,8-9H2,1-7H3/t14-,15-,16+,17+,18+,19+/m1/s1. The van der Waals surface area contributed by atoms with Crippen LogP contribution in [-0.4, -0.2) is 36.7 Å². The van der Waals surface area contributed by atoms with Gasteiger partial charge in [-0.1, -0.05) is 41.5 Å². The predicted octanol–water partition coefficient (Wildman–Crippen LogP) is 3.68. The van der Waals surface area contributed by atoms with Gasteiger partial charge in [0.05, 0.1) is 6.07 Å². The van der Waals surface area contributed by atoms with Crippen LogP contribution in [-0.2, 0) is 13.9 Å². The second-order valence-corrected chi connectivity index (χ2v) is 15.2. The zero-order valence-corrected chi connectivity index (χ0v) is 17.4. The fourth-order valence-electron chi connectivity index (χ4n) is 6.93. The Labute approximate surface area is 151 Å². The van der Waals surface area contributed by atoms with Crippen molar-refractivity contribution in [1.82, 2.24) is 0 Å². The first kappa shape index (κ1) is 17.9. The van der Waals surface area contributed by atoms with E-state index in [0.717, 1.165) is 0 Å². The van der Waals surface area contributed by atoms with E-state index in [1.54, 1.807) is 0 Å². The Morgan fingerprint density at radius 3 is 2.12 bits per heavy atom. The van der Waals surface area contributed by atoms with Crippen LogP contribution in [0.2, 0.25) is 16.6 Å². The van der Waals surface area contributed by atoms with Gasteiger partial charge in [-0.25, -0.2) is 0 Å². The minimum atomic E-state index is -2.18. The fourth-order valence-corrected chi connectivity index (χ4v) is 12.5. The summed E-state index contributed by atoms with van der Waals surface area (Å²) in [6.45, 7) is 15.5. The molecule has 6 rings (SSSR count). The molecule has 25 heavy (non-hydrogen) atoms. The molecule has 6 aliphatic rings. The lowest BCUT2D eigenvalue weighted by Crippen LogP contribution is -2.78. The predicted molar refractivity (Wildman–Crippen MR) is 94.9 cm³/mol. The molecule has 0 aromatic carbocycles. The average molecular weight is 366 g/mol. The molecule has 6 fully saturated rings. The summed E-state index contributed by atoms with van der Waals surface area (Å²) in [4.78, 5) is 0. The second kappa shape index (κ2) is 4.69. The summed E-state index contributed by atoms with van der Waals surface area (Å²) in [6, 6.07) is 2.40. The lowest BCUT2D eigenvalue weighted by Gasteiger charge is -2.65. The number of ether oxygens (including phenoxy) is 2. The van der Waals surface area contributed by atoms with Crippen LogP contribution in [0.1, 0.15) is 61.3 Å². The van der Waals surface area contributed by atoms with Crippen LogP contribution in [0.25, 0.3) is 0 Å². The van der Waals surface area contributed by atoms with Crippen molar-refractivity contribution in [3.63, 3.8) is 0 Å². The third-order valence-corrected chi connectivity index (χ3v) is 14.1. The zero-order chi connectivity index (χ0) is 18.6. The Morgan fingerprint density at radius 2 is 1.68 bits per heavy atom. The minimum absolute atomic E-state index is 0.0984. The molecule has 5 nitrogen and oxygen atoms in total. The van der Waals surface area contributed by atoms with Gasteiger partial charge in [0.15, 0.2) is 12.1 Å². The summed E-state index contributed by atoms with van der Waals surface area (Å²) in [5.74, 6) is -0.873. The van der Waals surface area contributed by atoms with Gasteiger partial charge in [0.1, 0.15) is 16.6 Å². The van der Waals surface area contributed by atoms with Gasteiger partial charge in [0.25, 0.3) is 0 Å². The summed E-state index contributed by atoms with van der Waals surface area (Å²) in [6.07, 6.45) is 0.382. The molecule has 6 bridgehead atoms. The van der Waals surface area contributed by atoms with Crippen molar-refractivity contribution in [2.24, 2.45) is 11.3 Å². The van der Waals surface area contributed by atoms with E-state index < -0.39 is 37.0 Å². The Hall–Kier alpha value is -0.453. The van der Waals surface area contributed by atoms with E-state index in [4.69, 9.17) is 13.9 Å². The van der Waals surface area contributed by atoms with Crippen LogP contribution < -0.4 is 0 Å². The molecule has 6 atom stereocenters. The SMILES string of the molecule is CC(C)[Si](O[C@]12C[C@]3(C)O[C@H](O1)[C@]1(C#N)[C@H]2C[C@@]13O)(C(C)C)C(C)C. The average Bonchev–Trinajstić information content (AvgIpc) is 2.69. The number of hydrogen-bond acceptors (Lipinski definition) is 5. The number of aliphatic hydroxyl groups is 1. The van der Waals surface area contributed by atoms with Gasteiger partial charge in [0, 0.05) is 12.3 Å². The monoisotopic (exact) mass is 365 g/mol. The first-order chi connectivity index (χ1) is 11.5. The van der Waals surface area contributed by atoms with Crippen LogP contribution in [0.15, 0.2) is 0 Å². The highest BCUT2D eigenvalue weighted by Gasteiger charge is 2.94. The second-order valence-electron chi connectivity index (χ2n) is 9.80. The summed E-state index contributed by atoms with van der Waals surface area (Å²) in [5, 5.41) is 21.2. The molecule has 140 valence electrons.